The molecule has 0 aliphatic carbocycles. The zero-order chi connectivity index (χ0) is 14.6. The minimum Gasteiger partial charge on any atom is -0.383 e. The van der Waals surface area contributed by atoms with Gasteiger partial charge in [-0.1, -0.05) is 0 Å². The predicted octanol–water partition coefficient (Wildman–Crippen LogP) is 1.43. The molecule has 0 spiro atoms. The first-order chi connectivity index (χ1) is 8.72. The van der Waals surface area contributed by atoms with E-state index in [1.807, 2.05) is 13.8 Å². The van der Waals surface area contributed by atoms with Crippen LogP contribution in [0.1, 0.15) is 26.3 Å². The Morgan fingerprint density at radius 1 is 1.47 bits per heavy atom. The molecular weight excluding hydrogens is 334 g/mol. The molecule has 0 bridgehead atoms. The Bertz CT molecular complexity index is 596. The van der Waals surface area contributed by atoms with Gasteiger partial charge in [-0.25, -0.2) is 13.1 Å². The molecule has 8 heteroatoms. The van der Waals surface area contributed by atoms with Gasteiger partial charge < -0.3 is 5.32 Å². The number of hydrogen-bond donors (Lipinski definition) is 1. The van der Waals surface area contributed by atoms with Crippen molar-refractivity contribution in [1.29, 1.82) is 0 Å². The van der Waals surface area contributed by atoms with Crippen LogP contribution in [-0.4, -0.2) is 36.8 Å². The number of rotatable bonds is 6. The number of sulfone groups is 1. The van der Waals surface area contributed by atoms with E-state index in [1.54, 1.807) is 6.20 Å². The molecule has 108 valence electrons. The lowest BCUT2D eigenvalue weighted by Crippen LogP contribution is -2.26. The number of aromatic nitrogens is 2. The van der Waals surface area contributed by atoms with Gasteiger partial charge in [-0.05, 0) is 36.2 Å². The number of anilines is 1. The summed E-state index contributed by atoms with van der Waals surface area (Å²) >= 11 is 3.24. The van der Waals surface area contributed by atoms with E-state index in [2.05, 4.69) is 26.3 Å². The summed E-state index contributed by atoms with van der Waals surface area (Å²) in [4.78, 5) is 11.9. The van der Waals surface area contributed by atoms with Crippen molar-refractivity contribution in [3.05, 3.63) is 21.0 Å². The molecule has 0 saturated heterocycles. The van der Waals surface area contributed by atoms with E-state index in [9.17, 15) is 13.2 Å². The summed E-state index contributed by atoms with van der Waals surface area (Å²) in [6, 6.07) is -0.0110. The molecular formula is C11H18BrN3O3S. The summed E-state index contributed by atoms with van der Waals surface area (Å²) in [5.41, 5.74) is 0.374. The van der Waals surface area contributed by atoms with Crippen LogP contribution < -0.4 is 10.9 Å². The van der Waals surface area contributed by atoms with Crippen molar-refractivity contribution in [3.8, 4) is 0 Å². The lowest BCUT2D eigenvalue weighted by atomic mass is 10.4. The van der Waals surface area contributed by atoms with Gasteiger partial charge in [0, 0.05) is 12.8 Å². The number of hydrogen-bond acceptors (Lipinski definition) is 5. The highest BCUT2D eigenvalue weighted by molar-refractivity contribution is 9.10. The van der Waals surface area contributed by atoms with Crippen molar-refractivity contribution in [1.82, 2.24) is 9.78 Å². The van der Waals surface area contributed by atoms with Crippen LogP contribution in [0.3, 0.4) is 0 Å². The van der Waals surface area contributed by atoms with Gasteiger partial charge in [-0.15, -0.1) is 0 Å². The normalized spacial score (nSPS) is 11.8. The van der Waals surface area contributed by atoms with Crippen LogP contribution in [-0.2, 0) is 9.84 Å². The summed E-state index contributed by atoms with van der Waals surface area (Å²) in [7, 11) is -2.95. The van der Waals surface area contributed by atoms with Crippen molar-refractivity contribution in [2.45, 2.75) is 26.3 Å². The van der Waals surface area contributed by atoms with Crippen molar-refractivity contribution < 1.29 is 8.42 Å². The molecule has 0 radical (unpaired) electrons. The Morgan fingerprint density at radius 2 is 2.11 bits per heavy atom. The first-order valence-electron chi connectivity index (χ1n) is 5.91. The third-order valence-corrected chi connectivity index (χ3v) is 4.24. The van der Waals surface area contributed by atoms with Gasteiger partial charge in [0.1, 0.15) is 14.3 Å². The average molecular weight is 352 g/mol. The molecule has 0 atom stereocenters. The summed E-state index contributed by atoms with van der Waals surface area (Å²) in [6.07, 6.45) is 3.25. The van der Waals surface area contributed by atoms with Gasteiger partial charge in [-0.3, -0.25) is 4.79 Å². The first-order valence-corrected chi connectivity index (χ1v) is 8.76. The SMILES string of the molecule is CC(C)n1ncc(NCCCS(C)(=O)=O)c(Br)c1=O. The third-order valence-electron chi connectivity index (χ3n) is 2.44. The van der Waals surface area contributed by atoms with Gasteiger partial charge in [0.05, 0.1) is 23.7 Å². The molecule has 1 rings (SSSR count). The van der Waals surface area contributed by atoms with Crippen molar-refractivity contribution in [2.75, 3.05) is 23.9 Å². The topological polar surface area (TPSA) is 81.1 Å². The Morgan fingerprint density at radius 3 is 2.63 bits per heavy atom. The second-order valence-corrected chi connectivity index (χ2v) is 7.68. The van der Waals surface area contributed by atoms with Crippen LogP contribution in [0.2, 0.25) is 0 Å². The minimum atomic E-state index is -2.95. The van der Waals surface area contributed by atoms with Crippen LogP contribution >= 0.6 is 15.9 Å². The molecule has 0 aliphatic rings. The van der Waals surface area contributed by atoms with E-state index in [4.69, 9.17) is 0 Å². The molecule has 1 aromatic heterocycles. The molecule has 1 aromatic rings. The second kappa shape index (κ2) is 6.51. The summed E-state index contributed by atoms with van der Waals surface area (Å²) in [6.45, 7) is 4.22. The van der Waals surface area contributed by atoms with Gasteiger partial charge in [-0.2, -0.15) is 5.10 Å². The molecule has 0 fully saturated rings. The van der Waals surface area contributed by atoms with Gasteiger partial charge in [0.15, 0.2) is 0 Å². The molecule has 0 saturated carbocycles. The lowest BCUT2D eigenvalue weighted by Gasteiger charge is -2.12. The molecule has 6 nitrogen and oxygen atoms in total. The largest absolute Gasteiger partial charge is 0.383 e. The Kier molecular flexibility index (Phi) is 5.54. The van der Waals surface area contributed by atoms with Crippen molar-refractivity contribution in [2.24, 2.45) is 0 Å². The summed E-state index contributed by atoms with van der Waals surface area (Å²) in [5.74, 6) is 0.119. The number of halogens is 1. The summed E-state index contributed by atoms with van der Waals surface area (Å²) in [5, 5.41) is 7.06. The maximum Gasteiger partial charge on any atom is 0.283 e. The molecule has 1 N–H and O–H groups in total. The lowest BCUT2D eigenvalue weighted by molar-refractivity contribution is 0.501. The van der Waals surface area contributed by atoms with Crippen molar-refractivity contribution >= 4 is 31.5 Å². The van der Waals surface area contributed by atoms with E-state index < -0.39 is 9.84 Å². The fourth-order valence-electron chi connectivity index (χ4n) is 1.49. The van der Waals surface area contributed by atoms with E-state index in [0.717, 1.165) is 0 Å². The smallest absolute Gasteiger partial charge is 0.283 e. The standard InChI is InChI=1S/C11H18BrN3O3S/c1-8(2)15-11(16)10(12)9(7-14-15)13-5-4-6-19(3,17)18/h7-8,13H,4-6H2,1-3H3. The van der Waals surface area contributed by atoms with E-state index in [1.165, 1.54) is 10.9 Å². The van der Waals surface area contributed by atoms with Crippen LogP contribution in [0.4, 0.5) is 5.69 Å². The highest BCUT2D eigenvalue weighted by Crippen LogP contribution is 2.17. The Balaban J connectivity index is 2.71. The Labute approximate surface area is 121 Å². The molecule has 1 heterocycles. The average Bonchev–Trinajstić information content (AvgIpc) is 2.28. The van der Waals surface area contributed by atoms with Crippen LogP contribution in [0.25, 0.3) is 0 Å². The number of nitrogens with zero attached hydrogens (tertiary/aromatic N) is 2. The van der Waals surface area contributed by atoms with Crippen LogP contribution in [0.5, 0.6) is 0 Å². The van der Waals surface area contributed by atoms with E-state index in [0.29, 0.717) is 23.1 Å². The Hall–Kier alpha value is -0.890. The fraction of sp³-hybridized carbons (Fsp3) is 0.636. The highest BCUT2D eigenvalue weighted by Gasteiger charge is 2.10. The van der Waals surface area contributed by atoms with Crippen molar-refractivity contribution in [3.63, 3.8) is 0 Å². The summed E-state index contributed by atoms with van der Waals surface area (Å²) < 4.78 is 23.8. The second-order valence-electron chi connectivity index (χ2n) is 4.63. The minimum absolute atomic E-state index is 0.0110. The molecule has 19 heavy (non-hydrogen) atoms. The zero-order valence-corrected chi connectivity index (χ0v) is 13.6. The fourth-order valence-corrected chi connectivity index (χ4v) is 2.59. The predicted molar refractivity (Wildman–Crippen MR) is 79.4 cm³/mol. The molecule has 0 aromatic carbocycles. The maximum atomic E-state index is 11.9. The number of nitrogens with one attached hydrogen (secondary N) is 1. The quantitative estimate of drug-likeness (QED) is 0.784. The maximum absolute atomic E-state index is 11.9. The first kappa shape index (κ1) is 16.2. The van der Waals surface area contributed by atoms with E-state index in [-0.39, 0.29) is 17.4 Å². The molecule has 0 unspecified atom stereocenters. The van der Waals surface area contributed by atoms with Gasteiger partial charge >= 0.3 is 0 Å². The monoisotopic (exact) mass is 351 g/mol. The van der Waals surface area contributed by atoms with Crippen LogP contribution in [0, 0.1) is 0 Å². The zero-order valence-electron chi connectivity index (χ0n) is 11.2. The van der Waals surface area contributed by atoms with Crippen LogP contribution in [0.15, 0.2) is 15.5 Å². The molecule has 0 amide bonds. The molecule has 0 aliphatic heterocycles. The van der Waals surface area contributed by atoms with Gasteiger partial charge in [0.25, 0.3) is 5.56 Å². The van der Waals surface area contributed by atoms with E-state index >= 15 is 0 Å². The third kappa shape index (κ3) is 4.94. The highest BCUT2D eigenvalue weighted by atomic mass is 79.9. The van der Waals surface area contributed by atoms with Gasteiger partial charge in [0.2, 0.25) is 0 Å².